The van der Waals surface area contributed by atoms with E-state index in [1.165, 1.54) is 5.06 Å². The highest BCUT2D eigenvalue weighted by atomic mass is 79.9. The van der Waals surface area contributed by atoms with E-state index < -0.39 is 11.7 Å². The molecule has 0 saturated heterocycles. The van der Waals surface area contributed by atoms with Gasteiger partial charge in [0.2, 0.25) is 0 Å². The number of rotatable bonds is 5. The van der Waals surface area contributed by atoms with E-state index in [-0.39, 0.29) is 12.1 Å². The van der Waals surface area contributed by atoms with E-state index in [1.807, 2.05) is 87.5 Å². The summed E-state index contributed by atoms with van der Waals surface area (Å²) in [4.78, 5) is 18.8. The zero-order valence-electron chi connectivity index (χ0n) is 16.9. The van der Waals surface area contributed by atoms with E-state index in [9.17, 15) is 4.79 Å². The van der Waals surface area contributed by atoms with Crippen LogP contribution in [0.3, 0.4) is 0 Å². The predicted octanol–water partition coefficient (Wildman–Crippen LogP) is 5.81. The normalized spacial score (nSPS) is 19.2. The number of hydrogen-bond acceptors (Lipinski definition) is 4. The minimum Gasteiger partial charge on any atom is -0.442 e. The van der Waals surface area contributed by atoms with Crippen LogP contribution in [0.1, 0.15) is 38.0 Å². The second-order valence-corrected chi connectivity index (χ2v) is 8.76. The van der Waals surface area contributed by atoms with Crippen LogP contribution < -0.4 is 0 Å². The molecule has 29 heavy (non-hydrogen) atoms. The highest BCUT2D eigenvalue weighted by molar-refractivity contribution is 9.10. The largest absolute Gasteiger partial charge is 0.442 e. The lowest BCUT2D eigenvalue weighted by atomic mass is 10.1. The minimum atomic E-state index is -0.623. The zero-order chi connectivity index (χ0) is 20.9. The number of hydrogen-bond donors (Lipinski definition) is 0. The van der Waals surface area contributed by atoms with Crippen LogP contribution in [0.2, 0.25) is 0 Å². The van der Waals surface area contributed by atoms with E-state index >= 15 is 0 Å². The Morgan fingerprint density at radius 2 is 1.86 bits per heavy atom. The lowest BCUT2D eigenvalue weighted by Crippen LogP contribution is -2.46. The van der Waals surface area contributed by atoms with Gasteiger partial charge in [-0.2, -0.15) is 5.06 Å². The van der Waals surface area contributed by atoms with Crippen LogP contribution in [0.5, 0.6) is 0 Å². The Hall–Kier alpha value is -2.15. The van der Waals surface area contributed by atoms with Crippen LogP contribution in [0, 0.1) is 0 Å². The smallest absolute Gasteiger partial charge is 0.435 e. The summed E-state index contributed by atoms with van der Waals surface area (Å²) >= 11 is 3.48. The average Bonchev–Trinajstić information content (AvgIpc) is 2.67. The maximum atomic E-state index is 12.8. The minimum absolute atomic E-state index is 0.301. The van der Waals surface area contributed by atoms with E-state index in [1.54, 1.807) is 0 Å². The molecule has 1 amide bonds. The van der Waals surface area contributed by atoms with E-state index in [2.05, 4.69) is 15.9 Å². The van der Waals surface area contributed by atoms with Gasteiger partial charge >= 0.3 is 6.09 Å². The average molecular weight is 460 g/mol. The molecule has 2 aromatic carbocycles. The topological polar surface area (TPSA) is 48.0 Å². The standard InChI is InChI=1S/C23H26BrNO4/c1-23(2,3)28-22(26)25-20(16-27-15-17-8-5-4-6-9-17)12-13-21(29-25)18-10-7-11-19(24)14-18/h4-14,20-21H,15-16H2,1-3H3/t20-,21+/m1/s1. The number of nitrogens with zero attached hydrogens (tertiary/aromatic N) is 1. The maximum absolute atomic E-state index is 12.8. The first-order chi connectivity index (χ1) is 13.8. The van der Waals surface area contributed by atoms with Gasteiger partial charge in [0.05, 0.1) is 13.2 Å². The van der Waals surface area contributed by atoms with Gasteiger partial charge in [0.1, 0.15) is 17.7 Å². The molecule has 0 bridgehead atoms. The van der Waals surface area contributed by atoms with Crippen molar-refractivity contribution in [2.24, 2.45) is 0 Å². The van der Waals surface area contributed by atoms with Crippen LogP contribution >= 0.6 is 15.9 Å². The number of halogens is 1. The Kier molecular flexibility index (Phi) is 7.11. The maximum Gasteiger partial charge on any atom is 0.435 e. The van der Waals surface area contributed by atoms with Crippen LogP contribution in [0.15, 0.2) is 71.2 Å². The highest BCUT2D eigenvalue weighted by Gasteiger charge is 2.33. The van der Waals surface area contributed by atoms with Gasteiger partial charge in [-0.05, 0) is 44.0 Å². The molecule has 2 aromatic rings. The van der Waals surface area contributed by atoms with Crippen LogP contribution in [-0.2, 0) is 20.9 Å². The molecule has 0 aromatic heterocycles. The van der Waals surface area contributed by atoms with Crippen molar-refractivity contribution < 1.29 is 19.1 Å². The number of carbonyl (C=O) groups excluding carboxylic acids is 1. The van der Waals surface area contributed by atoms with Gasteiger partial charge < -0.3 is 9.47 Å². The molecule has 0 aliphatic carbocycles. The molecule has 154 valence electrons. The van der Waals surface area contributed by atoms with Crippen LogP contribution in [0.4, 0.5) is 4.79 Å². The summed E-state index contributed by atoms with van der Waals surface area (Å²) in [5.41, 5.74) is 1.39. The van der Waals surface area contributed by atoms with Gasteiger partial charge in [0, 0.05) is 4.47 Å². The third-order valence-corrected chi connectivity index (χ3v) is 4.68. The van der Waals surface area contributed by atoms with Gasteiger partial charge in [-0.1, -0.05) is 70.5 Å². The molecule has 0 spiro atoms. The summed E-state index contributed by atoms with van der Waals surface area (Å²) in [7, 11) is 0. The first-order valence-corrected chi connectivity index (χ1v) is 10.4. The molecule has 0 unspecified atom stereocenters. The lowest BCUT2D eigenvalue weighted by molar-refractivity contribution is -0.200. The molecule has 5 nitrogen and oxygen atoms in total. The summed E-state index contributed by atoms with van der Waals surface area (Å²) in [6.07, 6.45) is 2.96. The fourth-order valence-corrected chi connectivity index (χ4v) is 3.30. The van der Waals surface area contributed by atoms with Gasteiger partial charge in [-0.15, -0.1) is 0 Å². The Morgan fingerprint density at radius 3 is 2.55 bits per heavy atom. The summed E-state index contributed by atoms with van der Waals surface area (Å²) < 4.78 is 12.3. The second kappa shape index (κ2) is 9.57. The van der Waals surface area contributed by atoms with Crippen molar-refractivity contribution >= 4 is 22.0 Å². The van der Waals surface area contributed by atoms with Crippen molar-refractivity contribution in [3.8, 4) is 0 Å². The number of benzene rings is 2. The number of hydroxylamine groups is 2. The van der Waals surface area contributed by atoms with Crippen molar-refractivity contribution in [1.29, 1.82) is 0 Å². The number of amides is 1. The van der Waals surface area contributed by atoms with Gasteiger partial charge in [0.15, 0.2) is 0 Å². The molecule has 1 heterocycles. The molecule has 1 aliphatic rings. The second-order valence-electron chi connectivity index (χ2n) is 7.84. The van der Waals surface area contributed by atoms with E-state index in [0.29, 0.717) is 13.2 Å². The predicted molar refractivity (Wildman–Crippen MR) is 115 cm³/mol. The monoisotopic (exact) mass is 459 g/mol. The molecule has 2 atom stereocenters. The summed E-state index contributed by atoms with van der Waals surface area (Å²) in [6.45, 7) is 6.25. The lowest BCUT2D eigenvalue weighted by Gasteiger charge is -2.36. The Balaban J connectivity index is 1.72. The molecule has 0 fully saturated rings. The van der Waals surface area contributed by atoms with Crippen LogP contribution in [0.25, 0.3) is 0 Å². The molecule has 0 N–H and O–H groups in total. The Bertz CT molecular complexity index is 847. The van der Waals surface area contributed by atoms with E-state index in [0.717, 1.165) is 15.6 Å². The van der Waals surface area contributed by atoms with Crippen molar-refractivity contribution in [2.45, 2.75) is 45.1 Å². The Labute approximate surface area is 180 Å². The summed E-state index contributed by atoms with van der Waals surface area (Å²) in [6, 6.07) is 17.3. The molecule has 6 heteroatoms. The summed E-state index contributed by atoms with van der Waals surface area (Å²) in [5.74, 6) is 0. The third kappa shape index (κ3) is 6.42. The SMILES string of the molecule is CC(C)(C)OC(=O)N1O[C@H](c2cccc(Br)c2)C=C[C@@H]1COCc1ccccc1. The Morgan fingerprint density at radius 1 is 1.10 bits per heavy atom. The molecule has 1 aliphatic heterocycles. The molecule has 3 rings (SSSR count). The quantitative estimate of drug-likeness (QED) is 0.528. The van der Waals surface area contributed by atoms with Crippen LogP contribution in [-0.4, -0.2) is 29.4 Å². The highest BCUT2D eigenvalue weighted by Crippen LogP contribution is 2.29. The van der Waals surface area contributed by atoms with Crippen molar-refractivity contribution in [1.82, 2.24) is 5.06 Å². The number of carbonyl (C=O) groups is 1. The van der Waals surface area contributed by atoms with Crippen molar-refractivity contribution in [3.05, 3.63) is 82.3 Å². The molecular formula is C23H26BrNO4. The fraction of sp³-hybridized carbons (Fsp3) is 0.348. The zero-order valence-corrected chi connectivity index (χ0v) is 18.5. The van der Waals surface area contributed by atoms with Crippen molar-refractivity contribution in [2.75, 3.05) is 6.61 Å². The van der Waals surface area contributed by atoms with Gasteiger partial charge in [0.25, 0.3) is 0 Å². The van der Waals surface area contributed by atoms with Crippen molar-refractivity contribution in [3.63, 3.8) is 0 Å². The molecule has 0 saturated carbocycles. The molecule has 0 radical (unpaired) electrons. The summed E-state index contributed by atoms with van der Waals surface area (Å²) in [5, 5.41) is 1.28. The van der Waals surface area contributed by atoms with E-state index in [4.69, 9.17) is 14.3 Å². The third-order valence-electron chi connectivity index (χ3n) is 4.19. The number of ether oxygens (including phenoxy) is 2. The fourth-order valence-electron chi connectivity index (χ4n) is 2.88. The van der Waals surface area contributed by atoms with Gasteiger partial charge in [-0.25, -0.2) is 4.79 Å². The first kappa shape index (κ1) is 21.6. The molecular weight excluding hydrogens is 434 g/mol. The van der Waals surface area contributed by atoms with Gasteiger partial charge in [-0.3, -0.25) is 4.84 Å². The first-order valence-electron chi connectivity index (χ1n) is 9.56.